The summed E-state index contributed by atoms with van der Waals surface area (Å²) in [6, 6.07) is 19.0. The molecule has 20 heavy (non-hydrogen) atoms. The van der Waals surface area contributed by atoms with Crippen molar-refractivity contribution in [3.8, 4) is 5.75 Å². The number of carbonyl (C=O) groups excluding carboxylic acids is 2. The number of phenols is 1. The second-order valence-electron chi connectivity index (χ2n) is 3.19. The van der Waals surface area contributed by atoms with E-state index < -0.39 is 0 Å². The Morgan fingerprint density at radius 1 is 0.800 bits per heavy atom. The molecule has 0 radical (unpaired) electrons. The van der Waals surface area contributed by atoms with Gasteiger partial charge in [0.1, 0.15) is 5.75 Å². The average Bonchev–Trinajstić information content (AvgIpc) is 2.43. The number of aromatic hydroxyl groups is 1. The van der Waals surface area contributed by atoms with Gasteiger partial charge in [0.05, 0.1) is 0 Å². The second-order valence-corrected chi connectivity index (χ2v) is 3.19. The summed E-state index contributed by atoms with van der Waals surface area (Å²) >= 11 is 0. The van der Waals surface area contributed by atoms with Gasteiger partial charge in [-0.25, -0.2) is 20.4 Å². The van der Waals surface area contributed by atoms with E-state index in [1.54, 1.807) is 24.3 Å². The van der Waals surface area contributed by atoms with Crippen molar-refractivity contribution in [2.45, 2.75) is 6.92 Å². The molecule has 2 rings (SSSR count). The molecule has 104 valence electrons. The lowest BCUT2D eigenvalue weighted by Gasteiger charge is -1.82. The maximum Gasteiger partial charge on any atom is 0.231 e. The number of nitrogens with one attached hydrogen (secondary N) is 2. The molecule has 0 spiro atoms. The molecule has 5 nitrogen and oxygen atoms in total. The zero-order valence-electron chi connectivity index (χ0n) is 11.0. The van der Waals surface area contributed by atoms with Crippen molar-refractivity contribution in [1.29, 1.82) is 10.8 Å². The van der Waals surface area contributed by atoms with E-state index >= 15 is 0 Å². The molecule has 0 bridgehead atoms. The van der Waals surface area contributed by atoms with Gasteiger partial charge in [0.25, 0.3) is 0 Å². The Kier molecular flexibility index (Phi) is 15.5. The molecule has 0 fully saturated rings. The minimum absolute atomic E-state index is 0.322. The summed E-state index contributed by atoms with van der Waals surface area (Å²) in [5.41, 5.74) is 1.32. The highest BCUT2D eigenvalue weighted by atomic mass is 16.3. The zero-order chi connectivity index (χ0) is 15.6. The second kappa shape index (κ2) is 16.0. The maximum atomic E-state index is 8.63. The highest BCUT2D eigenvalue weighted by molar-refractivity contribution is 5.26. The number of para-hydroxylation sites is 1. The third-order valence-corrected chi connectivity index (χ3v) is 1.70. The zero-order valence-corrected chi connectivity index (χ0v) is 11.0. The van der Waals surface area contributed by atoms with Crippen LogP contribution in [0, 0.1) is 17.7 Å². The van der Waals surface area contributed by atoms with Crippen molar-refractivity contribution >= 4 is 12.2 Å². The molecular weight excluding hydrogens is 256 g/mol. The van der Waals surface area contributed by atoms with Crippen LogP contribution in [0.2, 0.25) is 0 Å². The highest BCUT2D eigenvalue weighted by Gasteiger charge is 1.74. The lowest BCUT2D eigenvalue weighted by Crippen LogP contribution is -1.62. The van der Waals surface area contributed by atoms with Crippen LogP contribution in [-0.4, -0.2) is 17.3 Å². The molecule has 3 N–H and O–H groups in total. The van der Waals surface area contributed by atoms with Crippen LogP contribution >= 0.6 is 0 Å². The van der Waals surface area contributed by atoms with Crippen molar-refractivity contribution in [2.75, 3.05) is 0 Å². The molecule has 0 aromatic heterocycles. The first kappa shape index (κ1) is 19.3. The van der Waals surface area contributed by atoms with Crippen LogP contribution in [0.15, 0.2) is 60.7 Å². The minimum Gasteiger partial charge on any atom is -0.508 e. The summed E-state index contributed by atoms with van der Waals surface area (Å²) in [6.45, 7) is 2.08. The summed E-state index contributed by atoms with van der Waals surface area (Å²) in [5.74, 6) is 0.322. The Balaban J connectivity index is 0. The Labute approximate surface area is 117 Å². The van der Waals surface area contributed by atoms with E-state index in [4.69, 9.17) is 25.5 Å². The number of aryl methyl sites for hydroxylation is 1. The molecule has 0 saturated carbocycles. The smallest absolute Gasteiger partial charge is 0.231 e. The molecule has 0 saturated heterocycles. The van der Waals surface area contributed by atoms with Gasteiger partial charge in [0, 0.05) is 0 Å². The Bertz CT molecular complexity index is 452. The molecule has 0 heterocycles. The van der Waals surface area contributed by atoms with E-state index in [2.05, 4.69) is 19.1 Å². The van der Waals surface area contributed by atoms with Gasteiger partial charge in [0.15, 0.2) is 0 Å². The standard InChI is InChI=1S/C7H8.C6H6O.2CHNO/c1-7-5-3-2-4-6-7;7-6-4-2-1-3-5-6;2*2-1-3/h2-6H,1H3;1-5,7H;2*2H. The molecule has 0 aliphatic heterocycles. The van der Waals surface area contributed by atoms with Crippen molar-refractivity contribution in [2.24, 2.45) is 0 Å². The fourth-order valence-corrected chi connectivity index (χ4v) is 0.962. The number of isocyanates is 2. The summed E-state index contributed by atoms with van der Waals surface area (Å²) in [4.78, 5) is 16.7. The van der Waals surface area contributed by atoms with Crippen LogP contribution in [0.4, 0.5) is 0 Å². The van der Waals surface area contributed by atoms with E-state index in [1.807, 2.05) is 24.3 Å². The Hall–Kier alpha value is -3.00. The monoisotopic (exact) mass is 272 g/mol. The van der Waals surface area contributed by atoms with E-state index in [1.165, 1.54) is 5.56 Å². The molecule has 0 unspecified atom stereocenters. The Morgan fingerprint density at radius 3 is 1.25 bits per heavy atom. The molecule has 0 atom stereocenters. The number of benzene rings is 2. The minimum atomic E-state index is 0.322. The maximum absolute atomic E-state index is 8.63. The van der Waals surface area contributed by atoms with Crippen LogP contribution in [0.3, 0.4) is 0 Å². The van der Waals surface area contributed by atoms with Gasteiger partial charge in [-0.3, -0.25) is 0 Å². The molecule has 2 aromatic rings. The van der Waals surface area contributed by atoms with Gasteiger partial charge >= 0.3 is 0 Å². The lowest BCUT2D eigenvalue weighted by atomic mass is 10.2. The first-order valence-corrected chi connectivity index (χ1v) is 5.45. The van der Waals surface area contributed by atoms with E-state index in [9.17, 15) is 0 Å². The molecule has 0 aliphatic carbocycles. The van der Waals surface area contributed by atoms with Crippen molar-refractivity contribution in [3.63, 3.8) is 0 Å². The third kappa shape index (κ3) is 17.4. The van der Waals surface area contributed by atoms with Crippen LogP contribution in [0.25, 0.3) is 0 Å². The summed E-state index contributed by atoms with van der Waals surface area (Å²) < 4.78 is 0. The van der Waals surface area contributed by atoms with Crippen molar-refractivity contribution < 1.29 is 14.7 Å². The quantitative estimate of drug-likeness (QED) is 0.507. The first-order valence-electron chi connectivity index (χ1n) is 5.45. The van der Waals surface area contributed by atoms with E-state index in [0.29, 0.717) is 5.75 Å². The summed E-state index contributed by atoms with van der Waals surface area (Å²) in [6.07, 6.45) is 1.50. The van der Waals surface area contributed by atoms with E-state index in [0.717, 1.165) is 12.2 Å². The van der Waals surface area contributed by atoms with Gasteiger partial charge in [-0.15, -0.1) is 0 Å². The summed E-state index contributed by atoms with van der Waals surface area (Å²) in [5, 5.41) is 19.4. The van der Waals surface area contributed by atoms with Gasteiger partial charge in [-0.2, -0.15) is 0 Å². The molecular formula is C15H16N2O3. The molecule has 2 aromatic carbocycles. The van der Waals surface area contributed by atoms with Gasteiger partial charge < -0.3 is 5.11 Å². The normalized spacial score (nSPS) is 6.85. The van der Waals surface area contributed by atoms with Crippen LogP contribution in [0.1, 0.15) is 5.56 Å². The number of hydrogen-bond donors (Lipinski definition) is 3. The predicted molar refractivity (Wildman–Crippen MR) is 76.1 cm³/mol. The fourth-order valence-electron chi connectivity index (χ4n) is 0.962. The van der Waals surface area contributed by atoms with Crippen LogP contribution in [0.5, 0.6) is 5.75 Å². The van der Waals surface area contributed by atoms with Gasteiger partial charge in [-0.05, 0) is 19.1 Å². The predicted octanol–water partition coefficient (Wildman–Crippen LogP) is 3.19. The van der Waals surface area contributed by atoms with Crippen LogP contribution < -0.4 is 0 Å². The molecule has 0 amide bonds. The first-order chi connectivity index (χ1) is 9.62. The Morgan fingerprint density at radius 2 is 1.10 bits per heavy atom. The lowest BCUT2D eigenvalue weighted by molar-refractivity contribution is 0.475. The topological polar surface area (TPSA) is 102 Å². The van der Waals surface area contributed by atoms with E-state index in [-0.39, 0.29) is 0 Å². The summed E-state index contributed by atoms with van der Waals surface area (Å²) in [7, 11) is 0. The van der Waals surface area contributed by atoms with Crippen LogP contribution in [-0.2, 0) is 9.59 Å². The number of phenolic OH excluding ortho intramolecular Hbond substituents is 1. The average molecular weight is 272 g/mol. The SMILES string of the molecule is Cc1ccccc1.N=C=O.N=C=O.Oc1ccccc1. The third-order valence-electron chi connectivity index (χ3n) is 1.70. The van der Waals surface area contributed by atoms with Gasteiger partial charge in [0.2, 0.25) is 12.2 Å². The van der Waals surface area contributed by atoms with Crippen molar-refractivity contribution in [3.05, 3.63) is 66.2 Å². The van der Waals surface area contributed by atoms with Crippen molar-refractivity contribution in [1.82, 2.24) is 0 Å². The highest BCUT2D eigenvalue weighted by Crippen LogP contribution is 2.02. The fraction of sp³-hybridized carbons (Fsp3) is 0.0667. The van der Waals surface area contributed by atoms with Gasteiger partial charge in [-0.1, -0.05) is 54.1 Å². The molecule has 0 aliphatic rings. The molecule has 5 heteroatoms. The number of hydrogen-bond acceptors (Lipinski definition) is 5. The largest absolute Gasteiger partial charge is 0.508 e. The number of rotatable bonds is 0.